The molecule has 16 nitrogen and oxygen atoms in total. The molecule has 56 heavy (non-hydrogen) atoms. The molecule has 4 amide bonds. The van der Waals surface area contributed by atoms with Crippen molar-refractivity contribution in [2.45, 2.75) is 0 Å². The Morgan fingerprint density at radius 1 is 0.375 bits per heavy atom. The lowest BCUT2D eigenvalue weighted by Gasteiger charge is -2.23. The average Bonchev–Trinajstić information content (AvgIpc) is 3.60. The van der Waals surface area contributed by atoms with E-state index in [0.717, 1.165) is 26.2 Å². The molecule has 0 spiro atoms. The van der Waals surface area contributed by atoms with Gasteiger partial charge in [0.2, 0.25) is 0 Å². The van der Waals surface area contributed by atoms with Gasteiger partial charge in [-0.3, -0.25) is 38.8 Å². The van der Waals surface area contributed by atoms with Gasteiger partial charge in [-0.05, 0) is 24.3 Å². The molecular weight excluding hydrogens is 728 g/mol. The van der Waals surface area contributed by atoms with Gasteiger partial charge < -0.3 is 37.9 Å². The zero-order chi connectivity index (χ0) is 39.2. The van der Waals surface area contributed by atoms with Gasteiger partial charge in [-0.1, -0.05) is 24.3 Å². The van der Waals surface area contributed by atoms with Crippen LogP contribution < -0.4 is 0 Å². The van der Waals surface area contributed by atoms with Gasteiger partial charge in [-0.25, -0.2) is 0 Å². The van der Waals surface area contributed by atoms with Crippen molar-refractivity contribution in [2.75, 3.05) is 158 Å². The summed E-state index contributed by atoms with van der Waals surface area (Å²) in [5.74, 6) is -1.12. The van der Waals surface area contributed by atoms with Crippen molar-refractivity contribution in [1.82, 2.24) is 19.6 Å². The lowest BCUT2D eigenvalue weighted by Crippen LogP contribution is -2.36. The van der Waals surface area contributed by atoms with Crippen molar-refractivity contribution < 1.29 is 57.1 Å². The van der Waals surface area contributed by atoms with Crippen LogP contribution in [-0.2, 0) is 37.9 Å². The van der Waals surface area contributed by atoms with E-state index in [2.05, 4.69) is 9.80 Å². The molecule has 3 aliphatic heterocycles. The summed E-state index contributed by atoms with van der Waals surface area (Å²) in [6, 6.07) is 13.7. The number of benzene rings is 2. The molecule has 1 fully saturated rings. The highest BCUT2D eigenvalue weighted by Gasteiger charge is 2.35. The van der Waals surface area contributed by atoms with E-state index < -0.39 is 0 Å². The molecule has 1 saturated heterocycles. The maximum atomic E-state index is 12.5. The summed E-state index contributed by atoms with van der Waals surface area (Å²) < 4.78 is 46.2. The molecule has 2 aromatic rings. The standard InChI is InChI=1S/C40H56N4O12/c45-37-33-5-1-2-6-34(33)38(46)43(37)15-23-55-31-29-53-21-13-41-9-17-49-25-27-51-19-11-42(12-20-52-28-26-50-18-10-41)14-22-54-30-32-56-24-16-44-39(47)35-7-3-4-8-36(35)40(44)48/h1-8H,9-32H2. The molecule has 0 radical (unpaired) electrons. The van der Waals surface area contributed by atoms with E-state index in [0.29, 0.717) is 128 Å². The molecule has 0 unspecified atom stereocenters. The van der Waals surface area contributed by atoms with Gasteiger partial charge in [0.1, 0.15) is 0 Å². The van der Waals surface area contributed by atoms with Crippen molar-refractivity contribution in [1.29, 1.82) is 0 Å². The largest absolute Gasteiger partial charge is 0.378 e. The third kappa shape index (κ3) is 13.8. The number of hydrogen-bond donors (Lipinski definition) is 0. The Hall–Kier alpha value is -3.68. The van der Waals surface area contributed by atoms with E-state index >= 15 is 0 Å². The zero-order valence-corrected chi connectivity index (χ0v) is 32.3. The van der Waals surface area contributed by atoms with E-state index in [1.54, 1.807) is 48.5 Å². The molecule has 0 aromatic heterocycles. The van der Waals surface area contributed by atoms with Crippen LogP contribution in [0.3, 0.4) is 0 Å². The number of carbonyl (C=O) groups is 4. The predicted molar refractivity (Wildman–Crippen MR) is 203 cm³/mol. The van der Waals surface area contributed by atoms with Gasteiger partial charge in [-0.2, -0.15) is 0 Å². The lowest BCUT2D eigenvalue weighted by atomic mass is 10.1. The predicted octanol–water partition coefficient (Wildman–Crippen LogP) is 1.33. The first kappa shape index (κ1) is 43.4. The van der Waals surface area contributed by atoms with Crippen LogP contribution in [0.2, 0.25) is 0 Å². The van der Waals surface area contributed by atoms with Gasteiger partial charge in [0.05, 0.1) is 141 Å². The van der Waals surface area contributed by atoms with Crippen LogP contribution in [0.25, 0.3) is 0 Å². The van der Waals surface area contributed by atoms with Crippen LogP contribution in [0.1, 0.15) is 41.4 Å². The first-order valence-corrected chi connectivity index (χ1v) is 19.5. The van der Waals surface area contributed by atoms with Crippen LogP contribution in [0.4, 0.5) is 0 Å². The summed E-state index contributed by atoms with van der Waals surface area (Å²) >= 11 is 0. The molecule has 0 aliphatic carbocycles. The van der Waals surface area contributed by atoms with E-state index in [4.69, 9.17) is 37.9 Å². The fraction of sp³-hybridized carbons (Fsp3) is 0.600. The second kappa shape index (κ2) is 24.8. The second-order valence-electron chi connectivity index (χ2n) is 13.2. The highest BCUT2D eigenvalue weighted by molar-refractivity contribution is 6.22. The highest BCUT2D eigenvalue weighted by atomic mass is 16.5. The summed E-state index contributed by atoms with van der Waals surface area (Å²) in [5, 5.41) is 0. The van der Waals surface area contributed by atoms with Crippen LogP contribution in [-0.4, -0.2) is 201 Å². The Kier molecular flexibility index (Phi) is 19.3. The molecule has 3 heterocycles. The van der Waals surface area contributed by atoms with E-state index in [9.17, 15) is 19.2 Å². The number of nitrogens with zero attached hydrogens (tertiary/aromatic N) is 4. The molecular formula is C40H56N4O12. The third-order valence-electron chi connectivity index (χ3n) is 9.47. The smallest absolute Gasteiger partial charge is 0.261 e. The lowest BCUT2D eigenvalue weighted by molar-refractivity contribution is -0.00437. The minimum Gasteiger partial charge on any atom is -0.378 e. The Morgan fingerprint density at radius 3 is 0.929 bits per heavy atom. The Morgan fingerprint density at radius 2 is 0.643 bits per heavy atom. The molecule has 5 rings (SSSR count). The number of carbonyl (C=O) groups excluding carboxylic acids is 4. The van der Waals surface area contributed by atoms with Crippen LogP contribution in [0.5, 0.6) is 0 Å². The minimum atomic E-state index is -0.280. The summed E-state index contributed by atoms with van der Waals surface area (Å²) in [6.45, 7) is 12.0. The third-order valence-corrected chi connectivity index (χ3v) is 9.47. The fourth-order valence-electron chi connectivity index (χ4n) is 6.32. The number of hydrogen-bond acceptors (Lipinski definition) is 14. The van der Waals surface area contributed by atoms with E-state index in [-0.39, 0.29) is 49.9 Å². The maximum Gasteiger partial charge on any atom is 0.261 e. The highest BCUT2D eigenvalue weighted by Crippen LogP contribution is 2.23. The summed E-state index contributed by atoms with van der Waals surface area (Å²) in [7, 11) is 0. The number of fused-ring (bicyclic) bond motifs is 2. The Bertz CT molecular complexity index is 1330. The number of ether oxygens (including phenoxy) is 8. The molecule has 3 aliphatic rings. The molecule has 0 atom stereocenters. The average molecular weight is 785 g/mol. The molecule has 16 heteroatoms. The van der Waals surface area contributed by atoms with Crippen LogP contribution >= 0.6 is 0 Å². The molecule has 0 N–H and O–H groups in total. The first-order valence-electron chi connectivity index (χ1n) is 19.5. The fourth-order valence-corrected chi connectivity index (χ4v) is 6.32. The van der Waals surface area contributed by atoms with Gasteiger partial charge in [0.15, 0.2) is 0 Å². The summed E-state index contributed by atoms with van der Waals surface area (Å²) in [5.41, 5.74) is 1.76. The second-order valence-corrected chi connectivity index (χ2v) is 13.2. The van der Waals surface area contributed by atoms with Gasteiger partial charge in [0, 0.05) is 39.3 Å². The molecule has 0 saturated carbocycles. The number of rotatable bonds is 18. The zero-order valence-electron chi connectivity index (χ0n) is 32.3. The van der Waals surface area contributed by atoms with Crippen molar-refractivity contribution in [3.05, 3.63) is 70.8 Å². The summed E-state index contributed by atoms with van der Waals surface area (Å²) in [6.07, 6.45) is 0. The number of imide groups is 2. The first-order chi connectivity index (χ1) is 27.5. The minimum absolute atomic E-state index is 0.206. The Balaban J connectivity index is 0.865. The van der Waals surface area contributed by atoms with Crippen LogP contribution in [0.15, 0.2) is 48.5 Å². The molecule has 0 bridgehead atoms. The SMILES string of the molecule is O=C1c2ccccc2C(=O)N1CCOCCOCCN1CCOCCOCCN(CCOCCOCCN2C(=O)c3ccccc3C2=O)CCOCCOCC1. The van der Waals surface area contributed by atoms with Crippen LogP contribution in [0, 0.1) is 0 Å². The Labute approximate surface area is 328 Å². The molecule has 308 valence electrons. The van der Waals surface area contributed by atoms with E-state index in [1.807, 2.05) is 0 Å². The van der Waals surface area contributed by atoms with Gasteiger partial charge >= 0.3 is 0 Å². The monoisotopic (exact) mass is 784 g/mol. The number of amides is 4. The topological polar surface area (TPSA) is 155 Å². The maximum absolute atomic E-state index is 12.5. The van der Waals surface area contributed by atoms with E-state index in [1.165, 1.54) is 9.80 Å². The normalized spacial score (nSPS) is 18.6. The van der Waals surface area contributed by atoms with Gasteiger partial charge in [0.25, 0.3) is 23.6 Å². The van der Waals surface area contributed by atoms with Crippen molar-refractivity contribution in [2.24, 2.45) is 0 Å². The quantitative estimate of drug-likeness (QED) is 0.158. The van der Waals surface area contributed by atoms with Crippen molar-refractivity contribution in [3.63, 3.8) is 0 Å². The van der Waals surface area contributed by atoms with Crippen molar-refractivity contribution in [3.8, 4) is 0 Å². The molecule has 2 aromatic carbocycles. The summed E-state index contributed by atoms with van der Waals surface area (Å²) in [4.78, 5) is 56.8. The van der Waals surface area contributed by atoms with Crippen molar-refractivity contribution >= 4 is 23.6 Å². The van der Waals surface area contributed by atoms with Gasteiger partial charge in [-0.15, -0.1) is 0 Å².